The molecule has 3 N–H and O–H groups in total. The lowest BCUT2D eigenvalue weighted by molar-refractivity contribution is -0.117. The number of carboxylic acids is 1. The molecule has 1 atom stereocenters. The zero-order chi connectivity index (χ0) is 13.4. The number of carboxylic acid groups (broad SMARTS) is 1. The normalized spacial score (nSPS) is 19.4. The summed E-state index contributed by atoms with van der Waals surface area (Å²) in [6, 6.07) is 2.73. The van der Waals surface area contributed by atoms with Gasteiger partial charge in [-0.3, -0.25) is 4.79 Å². The van der Waals surface area contributed by atoms with E-state index in [0.717, 1.165) is 0 Å². The van der Waals surface area contributed by atoms with Crippen molar-refractivity contribution in [1.82, 2.24) is 0 Å². The predicted molar refractivity (Wildman–Crippen MR) is 68.1 cm³/mol. The van der Waals surface area contributed by atoms with Gasteiger partial charge in [0.25, 0.3) is 0 Å². The Balaban J connectivity index is 2.56. The summed E-state index contributed by atoms with van der Waals surface area (Å²) in [4.78, 5) is 24.5. The average molecular weight is 269 g/mol. The van der Waals surface area contributed by atoms with Crippen molar-refractivity contribution in [2.24, 2.45) is 5.73 Å². The third-order valence-corrected chi connectivity index (χ3v) is 3.14. The Bertz CT molecular complexity index is 530. The number of nitrogens with zero attached hydrogens (tertiary/aromatic N) is 1. The molecule has 0 aliphatic carbocycles. The van der Waals surface area contributed by atoms with Crippen molar-refractivity contribution in [3.05, 3.63) is 28.3 Å². The molecule has 1 amide bonds. The number of aromatic carboxylic acids is 1. The molecule has 0 saturated carbocycles. The zero-order valence-corrected chi connectivity index (χ0v) is 10.6. The molecular weight excluding hydrogens is 256 g/mol. The van der Waals surface area contributed by atoms with Gasteiger partial charge in [0.15, 0.2) is 0 Å². The Labute approximate surface area is 109 Å². The van der Waals surface area contributed by atoms with Crippen LogP contribution < -0.4 is 10.6 Å². The fourth-order valence-electron chi connectivity index (χ4n) is 2.21. The SMILES string of the molecule is Cc1cc(Cl)cc(C(=O)O)c1N1CC(N)CC1=O. The van der Waals surface area contributed by atoms with E-state index < -0.39 is 5.97 Å². The Morgan fingerprint density at radius 1 is 1.56 bits per heavy atom. The Kier molecular flexibility index (Phi) is 3.28. The van der Waals surface area contributed by atoms with Gasteiger partial charge in [-0.1, -0.05) is 11.6 Å². The van der Waals surface area contributed by atoms with E-state index in [2.05, 4.69) is 0 Å². The van der Waals surface area contributed by atoms with Crippen molar-refractivity contribution in [1.29, 1.82) is 0 Å². The molecule has 1 aromatic carbocycles. The van der Waals surface area contributed by atoms with Crippen LogP contribution in [0.15, 0.2) is 12.1 Å². The molecule has 1 aromatic rings. The van der Waals surface area contributed by atoms with Crippen LogP contribution in [0.2, 0.25) is 5.02 Å². The van der Waals surface area contributed by atoms with Crippen LogP contribution in [0.4, 0.5) is 5.69 Å². The molecule has 96 valence electrons. The van der Waals surface area contributed by atoms with Crippen LogP contribution in [0, 0.1) is 6.92 Å². The minimum atomic E-state index is -1.11. The summed E-state index contributed by atoms with van der Waals surface area (Å²) in [5.41, 5.74) is 6.80. The van der Waals surface area contributed by atoms with Crippen molar-refractivity contribution >= 4 is 29.2 Å². The summed E-state index contributed by atoms with van der Waals surface area (Å²) in [7, 11) is 0. The number of nitrogens with two attached hydrogens (primary N) is 1. The molecule has 1 unspecified atom stereocenters. The van der Waals surface area contributed by atoms with E-state index in [1.165, 1.54) is 11.0 Å². The summed E-state index contributed by atoms with van der Waals surface area (Å²) in [6.07, 6.45) is 0.237. The van der Waals surface area contributed by atoms with Crippen molar-refractivity contribution in [3.8, 4) is 0 Å². The summed E-state index contributed by atoms with van der Waals surface area (Å²) < 4.78 is 0. The monoisotopic (exact) mass is 268 g/mol. The van der Waals surface area contributed by atoms with E-state index in [0.29, 0.717) is 22.8 Å². The topological polar surface area (TPSA) is 83.6 Å². The predicted octanol–water partition coefficient (Wildman–Crippen LogP) is 1.41. The number of amides is 1. The van der Waals surface area contributed by atoms with Crippen LogP contribution in [0.25, 0.3) is 0 Å². The Morgan fingerprint density at radius 3 is 2.72 bits per heavy atom. The van der Waals surface area contributed by atoms with Gasteiger partial charge in [-0.15, -0.1) is 0 Å². The lowest BCUT2D eigenvalue weighted by Crippen LogP contribution is -2.30. The number of anilines is 1. The van der Waals surface area contributed by atoms with Crippen LogP contribution in [0.3, 0.4) is 0 Å². The number of halogens is 1. The first-order valence-electron chi connectivity index (χ1n) is 5.49. The van der Waals surface area contributed by atoms with Crippen molar-refractivity contribution in [2.45, 2.75) is 19.4 Å². The summed E-state index contributed by atoms with van der Waals surface area (Å²) in [6.45, 7) is 2.06. The minimum absolute atomic E-state index is 0.0300. The fraction of sp³-hybridized carbons (Fsp3) is 0.333. The minimum Gasteiger partial charge on any atom is -0.478 e. The van der Waals surface area contributed by atoms with E-state index in [1.54, 1.807) is 13.0 Å². The highest BCUT2D eigenvalue weighted by Gasteiger charge is 2.31. The number of carbonyl (C=O) groups excluding carboxylic acids is 1. The molecule has 1 fully saturated rings. The maximum Gasteiger partial charge on any atom is 0.337 e. The summed E-state index contributed by atoms with van der Waals surface area (Å²) >= 11 is 5.85. The molecule has 2 rings (SSSR count). The molecule has 5 nitrogen and oxygen atoms in total. The second-order valence-electron chi connectivity index (χ2n) is 4.39. The van der Waals surface area contributed by atoms with Gasteiger partial charge in [0.1, 0.15) is 0 Å². The van der Waals surface area contributed by atoms with Gasteiger partial charge in [-0.05, 0) is 24.6 Å². The molecule has 0 radical (unpaired) electrons. The number of hydrogen-bond donors (Lipinski definition) is 2. The molecule has 6 heteroatoms. The average Bonchev–Trinajstić information content (AvgIpc) is 2.56. The molecule has 1 aliphatic rings. The lowest BCUT2D eigenvalue weighted by Gasteiger charge is -2.21. The molecule has 0 aromatic heterocycles. The first kappa shape index (κ1) is 12.9. The molecule has 1 heterocycles. The van der Waals surface area contributed by atoms with Gasteiger partial charge < -0.3 is 15.7 Å². The maximum atomic E-state index is 11.8. The maximum absolute atomic E-state index is 11.8. The highest BCUT2D eigenvalue weighted by Crippen LogP contribution is 2.31. The summed E-state index contributed by atoms with van der Waals surface area (Å²) in [5, 5.41) is 9.54. The van der Waals surface area contributed by atoms with E-state index in [9.17, 15) is 14.7 Å². The Morgan fingerprint density at radius 2 is 2.22 bits per heavy atom. The highest BCUT2D eigenvalue weighted by molar-refractivity contribution is 6.31. The number of benzene rings is 1. The second kappa shape index (κ2) is 4.59. The van der Waals surface area contributed by atoms with E-state index in [-0.39, 0.29) is 23.9 Å². The van der Waals surface area contributed by atoms with Crippen LogP contribution in [-0.4, -0.2) is 29.6 Å². The molecule has 0 bridgehead atoms. The van der Waals surface area contributed by atoms with Gasteiger partial charge in [0.2, 0.25) is 5.91 Å². The third-order valence-electron chi connectivity index (χ3n) is 2.92. The first-order valence-corrected chi connectivity index (χ1v) is 5.87. The van der Waals surface area contributed by atoms with Gasteiger partial charge in [0.05, 0.1) is 11.3 Å². The number of carbonyl (C=O) groups is 2. The first-order chi connectivity index (χ1) is 8.40. The van der Waals surface area contributed by atoms with Crippen LogP contribution >= 0.6 is 11.6 Å². The van der Waals surface area contributed by atoms with Gasteiger partial charge in [0, 0.05) is 24.0 Å². The molecule has 0 spiro atoms. The van der Waals surface area contributed by atoms with E-state index in [1.807, 2.05) is 0 Å². The molecule has 1 aliphatic heterocycles. The number of hydrogen-bond acceptors (Lipinski definition) is 3. The standard InChI is InChI=1S/C12H13ClN2O3/c1-6-2-7(13)3-9(12(17)18)11(6)15-5-8(14)4-10(15)16/h2-3,8H,4-5,14H2,1H3,(H,17,18). The zero-order valence-electron chi connectivity index (χ0n) is 9.81. The second-order valence-corrected chi connectivity index (χ2v) is 4.83. The quantitative estimate of drug-likeness (QED) is 0.849. The fourth-order valence-corrected chi connectivity index (χ4v) is 2.48. The van der Waals surface area contributed by atoms with Gasteiger partial charge in [-0.25, -0.2) is 4.79 Å². The van der Waals surface area contributed by atoms with Crippen molar-refractivity contribution in [2.75, 3.05) is 11.4 Å². The van der Waals surface area contributed by atoms with E-state index >= 15 is 0 Å². The van der Waals surface area contributed by atoms with E-state index in [4.69, 9.17) is 17.3 Å². The van der Waals surface area contributed by atoms with Crippen molar-refractivity contribution in [3.63, 3.8) is 0 Å². The summed E-state index contributed by atoms with van der Waals surface area (Å²) in [5.74, 6) is -1.26. The van der Waals surface area contributed by atoms with Gasteiger partial charge >= 0.3 is 5.97 Å². The smallest absolute Gasteiger partial charge is 0.337 e. The van der Waals surface area contributed by atoms with Crippen LogP contribution in [-0.2, 0) is 4.79 Å². The number of aryl methyl sites for hydroxylation is 1. The van der Waals surface area contributed by atoms with Crippen molar-refractivity contribution < 1.29 is 14.7 Å². The molecule has 1 saturated heterocycles. The Hall–Kier alpha value is -1.59. The molecule has 18 heavy (non-hydrogen) atoms. The third kappa shape index (κ3) is 2.19. The number of rotatable bonds is 2. The highest BCUT2D eigenvalue weighted by atomic mass is 35.5. The van der Waals surface area contributed by atoms with Crippen LogP contribution in [0.5, 0.6) is 0 Å². The lowest BCUT2D eigenvalue weighted by atomic mass is 10.1. The van der Waals surface area contributed by atoms with Crippen LogP contribution in [0.1, 0.15) is 22.3 Å². The molecular formula is C12H13ClN2O3. The van der Waals surface area contributed by atoms with Gasteiger partial charge in [-0.2, -0.15) is 0 Å². The largest absolute Gasteiger partial charge is 0.478 e.